The lowest BCUT2D eigenvalue weighted by molar-refractivity contribution is 0.100. The van der Waals surface area contributed by atoms with Gasteiger partial charge in [0.1, 0.15) is 5.65 Å². The van der Waals surface area contributed by atoms with Crippen LogP contribution in [0.5, 0.6) is 0 Å². The molecule has 0 spiro atoms. The molecule has 0 atom stereocenters. The number of amides is 1. The lowest BCUT2D eigenvalue weighted by atomic mass is 10.2. The Bertz CT molecular complexity index is 968. The van der Waals surface area contributed by atoms with Crippen molar-refractivity contribution >= 4 is 51.2 Å². The van der Waals surface area contributed by atoms with Gasteiger partial charge in [0.05, 0.1) is 16.3 Å². The predicted octanol–water partition coefficient (Wildman–Crippen LogP) is 4.36. The molecule has 1 fully saturated rings. The van der Waals surface area contributed by atoms with E-state index in [1.54, 1.807) is 24.2 Å². The summed E-state index contributed by atoms with van der Waals surface area (Å²) < 4.78 is 0. The molecule has 0 aliphatic carbocycles. The molecule has 0 saturated carbocycles. The summed E-state index contributed by atoms with van der Waals surface area (Å²) in [6.45, 7) is 0.790. The van der Waals surface area contributed by atoms with Gasteiger partial charge in [0.2, 0.25) is 0 Å². The largest absolute Gasteiger partial charge is 0.345 e. The number of nitrogens with one attached hydrogen (secondary N) is 1. The van der Waals surface area contributed by atoms with Crippen molar-refractivity contribution in [2.24, 2.45) is 4.99 Å². The number of aromatic amines is 1. The molecule has 7 heteroatoms. The SMILES string of the molecule is O=C(/N=C1\SCCCN1c1ccccc1Cl)c1c[nH]c2ncccc12. The number of H-pyrrole nitrogens is 1. The number of amidine groups is 1. The first-order valence-electron chi connectivity index (χ1n) is 7.94. The van der Waals surface area contributed by atoms with Gasteiger partial charge < -0.3 is 9.88 Å². The van der Waals surface area contributed by atoms with Crippen molar-refractivity contribution in [3.8, 4) is 0 Å². The van der Waals surface area contributed by atoms with E-state index in [0.717, 1.165) is 29.8 Å². The van der Waals surface area contributed by atoms with Gasteiger partial charge in [-0.2, -0.15) is 4.99 Å². The molecule has 5 nitrogen and oxygen atoms in total. The molecule has 1 aliphatic rings. The highest BCUT2D eigenvalue weighted by Gasteiger charge is 2.23. The Morgan fingerprint density at radius 1 is 1.28 bits per heavy atom. The van der Waals surface area contributed by atoms with Crippen LogP contribution >= 0.6 is 23.4 Å². The Balaban J connectivity index is 1.70. The molecule has 1 amide bonds. The van der Waals surface area contributed by atoms with Crippen LogP contribution in [0.25, 0.3) is 11.0 Å². The van der Waals surface area contributed by atoms with E-state index in [1.807, 2.05) is 41.3 Å². The number of benzene rings is 1. The molecule has 4 rings (SSSR count). The summed E-state index contributed by atoms with van der Waals surface area (Å²) in [6, 6.07) is 11.3. The molecule has 1 aromatic carbocycles. The highest BCUT2D eigenvalue weighted by Crippen LogP contribution is 2.31. The van der Waals surface area contributed by atoms with Gasteiger partial charge >= 0.3 is 0 Å². The minimum Gasteiger partial charge on any atom is -0.345 e. The number of aromatic nitrogens is 2. The fourth-order valence-corrected chi connectivity index (χ4v) is 4.01. The number of aliphatic imine (C=N–C) groups is 1. The normalized spacial score (nSPS) is 16.5. The van der Waals surface area contributed by atoms with Crippen molar-refractivity contribution in [3.05, 3.63) is 59.4 Å². The highest BCUT2D eigenvalue weighted by molar-refractivity contribution is 8.14. The Labute approximate surface area is 154 Å². The first-order chi connectivity index (χ1) is 12.2. The van der Waals surface area contributed by atoms with E-state index in [2.05, 4.69) is 15.0 Å². The van der Waals surface area contributed by atoms with Crippen LogP contribution in [0.2, 0.25) is 5.02 Å². The number of halogens is 1. The summed E-state index contributed by atoms with van der Waals surface area (Å²) in [5, 5.41) is 2.12. The van der Waals surface area contributed by atoms with Gasteiger partial charge in [0, 0.05) is 30.1 Å². The number of carbonyl (C=O) groups excluding carboxylic acids is 1. The average molecular weight is 371 g/mol. The predicted molar refractivity (Wildman–Crippen MR) is 104 cm³/mol. The summed E-state index contributed by atoms with van der Waals surface area (Å²) in [6.07, 6.45) is 4.37. The molecule has 25 heavy (non-hydrogen) atoms. The number of anilines is 1. The second-order valence-corrected chi connectivity index (χ2v) is 7.08. The van der Waals surface area contributed by atoms with Gasteiger partial charge in [-0.15, -0.1) is 0 Å². The maximum absolute atomic E-state index is 12.7. The summed E-state index contributed by atoms with van der Waals surface area (Å²) in [4.78, 5) is 26.4. The molecule has 0 radical (unpaired) electrons. The van der Waals surface area contributed by atoms with Gasteiger partial charge in [-0.1, -0.05) is 35.5 Å². The zero-order valence-electron chi connectivity index (χ0n) is 13.3. The topological polar surface area (TPSA) is 61.4 Å². The van der Waals surface area contributed by atoms with Crippen LogP contribution in [-0.2, 0) is 0 Å². The molecular weight excluding hydrogens is 356 g/mol. The number of fused-ring (bicyclic) bond motifs is 1. The van der Waals surface area contributed by atoms with Gasteiger partial charge in [0.25, 0.3) is 5.91 Å². The lowest BCUT2D eigenvalue weighted by Crippen LogP contribution is -2.34. The van der Waals surface area contributed by atoms with E-state index in [9.17, 15) is 4.79 Å². The van der Waals surface area contributed by atoms with E-state index in [-0.39, 0.29) is 5.91 Å². The first-order valence-corrected chi connectivity index (χ1v) is 9.30. The molecule has 126 valence electrons. The summed E-state index contributed by atoms with van der Waals surface area (Å²) in [5.74, 6) is 0.656. The third kappa shape index (κ3) is 3.15. The summed E-state index contributed by atoms with van der Waals surface area (Å²) in [7, 11) is 0. The highest BCUT2D eigenvalue weighted by atomic mass is 35.5. The molecular formula is C18H15ClN4OS. The van der Waals surface area contributed by atoms with Gasteiger partial charge in [-0.3, -0.25) is 4.79 Å². The zero-order chi connectivity index (χ0) is 17.2. The molecule has 3 aromatic rings. The standard InChI is InChI=1S/C18H15ClN4OS/c19-14-6-1-2-7-15(14)23-9-4-10-25-18(23)22-17(24)13-11-21-16-12(13)5-3-8-20-16/h1-3,5-8,11H,4,9-10H2,(H,20,21)/b22-18-. The van der Waals surface area contributed by atoms with E-state index >= 15 is 0 Å². The van der Waals surface area contributed by atoms with Gasteiger partial charge in [0.15, 0.2) is 5.17 Å². The van der Waals surface area contributed by atoms with Crippen molar-refractivity contribution in [2.75, 3.05) is 17.2 Å². The minimum atomic E-state index is -0.277. The van der Waals surface area contributed by atoms with Crippen LogP contribution in [0, 0.1) is 0 Å². The number of hydrogen-bond acceptors (Lipinski definition) is 3. The molecule has 2 aromatic heterocycles. The smallest absolute Gasteiger partial charge is 0.281 e. The third-order valence-electron chi connectivity index (χ3n) is 4.01. The molecule has 1 N–H and O–H groups in total. The quantitative estimate of drug-likeness (QED) is 0.728. The summed E-state index contributed by atoms with van der Waals surface area (Å²) >= 11 is 7.91. The van der Waals surface area contributed by atoms with E-state index in [1.165, 1.54) is 0 Å². The number of hydrogen-bond donors (Lipinski definition) is 1. The van der Waals surface area contributed by atoms with Crippen LogP contribution in [-0.4, -0.2) is 33.3 Å². The zero-order valence-corrected chi connectivity index (χ0v) is 14.8. The Morgan fingerprint density at radius 2 is 2.16 bits per heavy atom. The molecule has 1 saturated heterocycles. The Kier molecular flexibility index (Phi) is 4.46. The maximum atomic E-state index is 12.7. The number of thioether (sulfide) groups is 1. The van der Waals surface area contributed by atoms with Crippen LogP contribution in [0.15, 0.2) is 53.8 Å². The van der Waals surface area contributed by atoms with Crippen molar-refractivity contribution in [1.29, 1.82) is 0 Å². The fraction of sp³-hybridized carbons (Fsp3) is 0.167. The summed E-state index contributed by atoms with van der Waals surface area (Å²) in [5.41, 5.74) is 2.09. The number of para-hydroxylation sites is 1. The van der Waals surface area contributed by atoms with E-state index < -0.39 is 0 Å². The number of nitrogens with zero attached hydrogens (tertiary/aromatic N) is 3. The fourth-order valence-electron chi connectivity index (χ4n) is 2.83. The van der Waals surface area contributed by atoms with E-state index in [4.69, 9.17) is 11.6 Å². The number of carbonyl (C=O) groups is 1. The molecule has 0 unspecified atom stereocenters. The van der Waals surface area contributed by atoms with Crippen LogP contribution in [0.3, 0.4) is 0 Å². The number of rotatable bonds is 2. The van der Waals surface area contributed by atoms with Crippen LogP contribution < -0.4 is 4.90 Å². The minimum absolute atomic E-state index is 0.277. The van der Waals surface area contributed by atoms with Crippen LogP contribution in [0.1, 0.15) is 16.8 Å². The van der Waals surface area contributed by atoms with Gasteiger partial charge in [-0.25, -0.2) is 4.98 Å². The molecule has 3 heterocycles. The monoisotopic (exact) mass is 370 g/mol. The third-order valence-corrected chi connectivity index (χ3v) is 5.39. The lowest BCUT2D eigenvalue weighted by Gasteiger charge is -2.30. The Morgan fingerprint density at radius 3 is 3.04 bits per heavy atom. The van der Waals surface area contributed by atoms with Crippen molar-refractivity contribution in [3.63, 3.8) is 0 Å². The number of pyridine rings is 1. The maximum Gasteiger partial charge on any atom is 0.281 e. The average Bonchev–Trinajstić information content (AvgIpc) is 3.07. The van der Waals surface area contributed by atoms with Crippen molar-refractivity contribution in [1.82, 2.24) is 9.97 Å². The first kappa shape index (κ1) is 16.2. The molecule has 0 bridgehead atoms. The van der Waals surface area contributed by atoms with Crippen molar-refractivity contribution < 1.29 is 4.79 Å². The van der Waals surface area contributed by atoms with Crippen LogP contribution in [0.4, 0.5) is 5.69 Å². The molecule has 1 aliphatic heterocycles. The van der Waals surface area contributed by atoms with E-state index in [0.29, 0.717) is 21.4 Å². The second kappa shape index (κ2) is 6.90. The van der Waals surface area contributed by atoms with Gasteiger partial charge in [-0.05, 0) is 30.7 Å². The Hall–Kier alpha value is -2.31. The van der Waals surface area contributed by atoms with Crippen molar-refractivity contribution in [2.45, 2.75) is 6.42 Å². The second-order valence-electron chi connectivity index (χ2n) is 5.61.